The third kappa shape index (κ3) is 1.75. The van der Waals surface area contributed by atoms with Crippen LogP contribution < -0.4 is 43.1 Å². The molecule has 0 fully saturated rings. The number of pyridine rings is 2. The molecule has 4 rings (SSSR count). The Kier molecular flexibility index (Phi) is 3.69. The Labute approximate surface area is 126 Å². The molecule has 0 aliphatic carbocycles. The van der Waals surface area contributed by atoms with Gasteiger partial charge in [-0.25, -0.2) is 0 Å². The van der Waals surface area contributed by atoms with Gasteiger partial charge in [-0.3, -0.25) is 0 Å². The SMILES string of the molecule is [Br-].[Br-].c1cc2ccc3ccc[n+]4c3c2[n+](c1)CC4. The molecule has 3 aromatic rings. The summed E-state index contributed by atoms with van der Waals surface area (Å²) >= 11 is 0. The van der Waals surface area contributed by atoms with Crippen molar-refractivity contribution in [3.63, 3.8) is 0 Å². The minimum Gasteiger partial charge on any atom is -1.00 e. The van der Waals surface area contributed by atoms with Crippen molar-refractivity contribution in [2.24, 2.45) is 0 Å². The van der Waals surface area contributed by atoms with Crippen LogP contribution in [0.2, 0.25) is 0 Å². The highest BCUT2D eigenvalue weighted by Gasteiger charge is 2.26. The molecule has 0 saturated carbocycles. The van der Waals surface area contributed by atoms with Crippen LogP contribution in [0.3, 0.4) is 0 Å². The van der Waals surface area contributed by atoms with Crippen LogP contribution in [-0.2, 0) is 13.1 Å². The predicted molar refractivity (Wildman–Crippen MR) is 61.8 cm³/mol. The lowest BCUT2D eigenvalue weighted by Crippen LogP contribution is -3.00. The van der Waals surface area contributed by atoms with Crippen LogP contribution in [0.1, 0.15) is 0 Å². The van der Waals surface area contributed by atoms with E-state index < -0.39 is 0 Å². The molecule has 2 nitrogen and oxygen atoms in total. The molecule has 18 heavy (non-hydrogen) atoms. The van der Waals surface area contributed by atoms with Crippen molar-refractivity contribution in [1.29, 1.82) is 0 Å². The highest BCUT2D eigenvalue weighted by Crippen LogP contribution is 2.20. The number of halogens is 2. The van der Waals surface area contributed by atoms with Gasteiger partial charge in [0.2, 0.25) is 13.1 Å². The zero-order chi connectivity index (χ0) is 10.5. The largest absolute Gasteiger partial charge is 1.00 e. The van der Waals surface area contributed by atoms with Crippen molar-refractivity contribution < 1.29 is 43.1 Å². The first-order valence-corrected chi connectivity index (χ1v) is 5.67. The van der Waals surface area contributed by atoms with Crippen molar-refractivity contribution in [3.05, 3.63) is 48.8 Å². The summed E-state index contributed by atoms with van der Waals surface area (Å²) in [7, 11) is 0. The van der Waals surface area contributed by atoms with Gasteiger partial charge >= 0.3 is 0 Å². The van der Waals surface area contributed by atoms with E-state index in [1.165, 1.54) is 21.8 Å². The summed E-state index contributed by atoms with van der Waals surface area (Å²) in [5.74, 6) is 0. The summed E-state index contributed by atoms with van der Waals surface area (Å²) < 4.78 is 4.72. The molecule has 0 radical (unpaired) electrons. The smallest absolute Gasteiger partial charge is 0.285 e. The number of nitrogens with zero attached hydrogens (tertiary/aromatic N) is 2. The molecule has 0 N–H and O–H groups in total. The van der Waals surface area contributed by atoms with Gasteiger partial charge in [-0.05, 0) is 24.3 Å². The summed E-state index contributed by atoms with van der Waals surface area (Å²) in [6, 6.07) is 13.1. The normalized spacial score (nSPS) is 12.2. The minimum absolute atomic E-state index is 0. The van der Waals surface area contributed by atoms with E-state index in [1.54, 1.807) is 0 Å². The number of aromatic nitrogens is 2. The third-order valence-corrected chi connectivity index (χ3v) is 3.45. The molecule has 4 heteroatoms. The fourth-order valence-corrected chi connectivity index (χ4v) is 2.72. The third-order valence-electron chi connectivity index (χ3n) is 3.45. The predicted octanol–water partition coefficient (Wildman–Crippen LogP) is -4.41. The molecule has 1 aromatic carbocycles. The quantitative estimate of drug-likeness (QED) is 0.280. The fourth-order valence-electron chi connectivity index (χ4n) is 2.72. The van der Waals surface area contributed by atoms with E-state index in [9.17, 15) is 0 Å². The summed E-state index contributed by atoms with van der Waals surface area (Å²) in [5.41, 5.74) is 2.73. The maximum atomic E-state index is 2.36. The van der Waals surface area contributed by atoms with Gasteiger partial charge in [0.25, 0.3) is 11.0 Å². The Morgan fingerprint density at radius 1 is 0.667 bits per heavy atom. The highest BCUT2D eigenvalue weighted by molar-refractivity contribution is 5.98. The van der Waals surface area contributed by atoms with Crippen molar-refractivity contribution in [3.8, 4) is 0 Å². The van der Waals surface area contributed by atoms with Crippen molar-refractivity contribution >= 4 is 21.8 Å². The molecular weight excluding hydrogens is 356 g/mol. The monoisotopic (exact) mass is 366 g/mol. The number of rotatable bonds is 0. The van der Waals surface area contributed by atoms with Crippen LogP contribution in [0.4, 0.5) is 0 Å². The van der Waals surface area contributed by atoms with Gasteiger partial charge in [0.05, 0.1) is 10.8 Å². The maximum Gasteiger partial charge on any atom is 0.285 e. The van der Waals surface area contributed by atoms with Crippen LogP contribution in [-0.4, -0.2) is 0 Å². The van der Waals surface area contributed by atoms with Gasteiger partial charge < -0.3 is 34.0 Å². The van der Waals surface area contributed by atoms with Crippen molar-refractivity contribution in [2.45, 2.75) is 13.1 Å². The molecule has 0 unspecified atom stereocenters. The first kappa shape index (κ1) is 13.4. The molecule has 0 amide bonds. The molecule has 0 bridgehead atoms. The Hall–Kier alpha value is -1.00. The van der Waals surface area contributed by atoms with E-state index in [2.05, 4.69) is 57.9 Å². The van der Waals surface area contributed by atoms with Crippen molar-refractivity contribution in [2.75, 3.05) is 0 Å². The van der Waals surface area contributed by atoms with E-state index in [0.717, 1.165) is 13.1 Å². The average Bonchev–Trinajstić information content (AvgIpc) is 2.36. The number of aryl methyl sites for hydroxylation is 2. The van der Waals surface area contributed by atoms with Crippen LogP contribution in [0.25, 0.3) is 21.8 Å². The summed E-state index contributed by atoms with van der Waals surface area (Å²) in [5, 5.41) is 2.66. The van der Waals surface area contributed by atoms with Crippen molar-refractivity contribution in [1.82, 2.24) is 0 Å². The first-order valence-electron chi connectivity index (χ1n) is 5.67. The summed E-state index contributed by atoms with van der Waals surface area (Å²) in [6.07, 6.45) is 4.36. The number of hydrogen-bond acceptors (Lipinski definition) is 0. The molecular formula is C14H12Br2N2. The van der Waals surface area contributed by atoms with E-state index in [1.807, 2.05) is 0 Å². The Bertz CT molecular complexity index is 663. The van der Waals surface area contributed by atoms with Crippen LogP contribution in [0.15, 0.2) is 48.8 Å². The van der Waals surface area contributed by atoms with Gasteiger partial charge in [0, 0.05) is 12.1 Å². The second kappa shape index (κ2) is 4.94. The molecule has 1 aliphatic heterocycles. The second-order valence-corrected chi connectivity index (χ2v) is 4.34. The lowest BCUT2D eigenvalue weighted by molar-refractivity contribution is -0.771. The van der Waals surface area contributed by atoms with E-state index in [0.29, 0.717) is 0 Å². The molecule has 0 atom stereocenters. The Morgan fingerprint density at radius 2 is 1.11 bits per heavy atom. The van der Waals surface area contributed by atoms with Gasteiger partial charge in [-0.2, -0.15) is 9.13 Å². The van der Waals surface area contributed by atoms with E-state index in [4.69, 9.17) is 0 Å². The topological polar surface area (TPSA) is 7.76 Å². The molecule has 2 aromatic heterocycles. The van der Waals surface area contributed by atoms with E-state index >= 15 is 0 Å². The molecule has 1 aliphatic rings. The second-order valence-electron chi connectivity index (χ2n) is 4.34. The van der Waals surface area contributed by atoms with Gasteiger partial charge in [0.15, 0.2) is 12.4 Å². The summed E-state index contributed by atoms with van der Waals surface area (Å²) in [6.45, 7) is 2.14. The molecule has 3 heterocycles. The zero-order valence-corrected chi connectivity index (χ0v) is 12.9. The Morgan fingerprint density at radius 3 is 1.56 bits per heavy atom. The maximum absolute atomic E-state index is 2.36. The van der Waals surface area contributed by atoms with Gasteiger partial charge in [-0.1, -0.05) is 0 Å². The van der Waals surface area contributed by atoms with Crippen LogP contribution in [0, 0.1) is 0 Å². The minimum atomic E-state index is 0. The molecule has 0 spiro atoms. The van der Waals surface area contributed by atoms with Crippen LogP contribution in [0.5, 0.6) is 0 Å². The standard InChI is InChI=1S/C14H12N2.2BrH/c1-3-11-5-6-12-4-2-8-16-10-9-15(7-1)13(11)14(12)16;;/h1-8H,9-10H2;2*1H/q+2;;/p-2. The number of benzene rings is 1. The van der Waals surface area contributed by atoms with Gasteiger partial charge in [-0.15, -0.1) is 0 Å². The zero-order valence-electron chi connectivity index (χ0n) is 9.68. The summed E-state index contributed by atoms with van der Waals surface area (Å²) in [4.78, 5) is 0. The Balaban J connectivity index is 0.000000602. The van der Waals surface area contributed by atoms with E-state index in [-0.39, 0.29) is 34.0 Å². The molecule has 92 valence electrons. The lowest BCUT2D eigenvalue weighted by atomic mass is 10.1. The fraction of sp³-hybridized carbons (Fsp3) is 0.143. The highest BCUT2D eigenvalue weighted by atomic mass is 79.9. The number of hydrogen-bond donors (Lipinski definition) is 0. The first-order chi connectivity index (χ1) is 7.93. The average molecular weight is 368 g/mol. The van der Waals surface area contributed by atoms with Crippen LogP contribution >= 0.6 is 0 Å². The molecule has 0 saturated heterocycles. The van der Waals surface area contributed by atoms with Gasteiger partial charge in [0.1, 0.15) is 0 Å². The lowest BCUT2D eigenvalue weighted by Gasteiger charge is -2.08.